The van der Waals surface area contributed by atoms with Crippen LogP contribution < -0.4 is 0 Å². The minimum Gasteiger partial charge on any atom is -0.512 e. The average Bonchev–Trinajstić information content (AvgIpc) is 2.33. The second kappa shape index (κ2) is 0.857. The maximum absolute atomic E-state index is 8.90. The standard InChI is InChI=1S/C6H8O/c7-6-2-1-4-3-5(4)6/h2,4-5,7H,1,3H2/t4?,5-/m1/s1. The zero-order chi connectivity index (χ0) is 4.85. The van der Waals surface area contributed by atoms with Crippen molar-refractivity contribution in [2.24, 2.45) is 11.8 Å². The van der Waals surface area contributed by atoms with E-state index >= 15 is 0 Å². The Morgan fingerprint density at radius 1 is 1.71 bits per heavy atom. The first-order valence-corrected chi connectivity index (χ1v) is 2.77. The van der Waals surface area contributed by atoms with Crippen LogP contribution in [0.1, 0.15) is 12.8 Å². The van der Waals surface area contributed by atoms with Crippen molar-refractivity contribution < 1.29 is 5.11 Å². The summed E-state index contributed by atoms with van der Waals surface area (Å²) in [5.41, 5.74) is 0. The maximum atomic E-state index is 8.90. The lowest BCUT2D eigenvalue weighted by molar-refractivity contribution is 0.382. The highest BCUT2D eigenvalue weighted by Gasteiger charge is 2.43. The van der Waals surface area contributed by atoms with E-state index < -0.39 is 0 Å². The molecule has 1 saturated carbocycles. The highest BCUT2D eigenvalue weighted by Crippen LogP contribution is 2.50. The van der Waals surface area contributed by atoms with E-state index in [1.807, 2.05) is 6.08 Å². The number of fused-ring (bicyclic) bond motifs is 1. The van der Waals surface area contributed by atoms with Gasteiger partial charge in [0.2, 0.25) is 0 Å². The topological polar surface area (TPSA) is 20.2 Å². The lowest BCUT2D eigenvalue weighted by Crippen LogP contribution is -1.75. The van der Waals surface area contributed by atoms with Crippen molar-refractivity contribution in [1.29, 1.82) is 0 Å². The fraction of sp³-hybridized carbons (Fsp3) is 0.667. The monoisotopic (exact) mass is 96.1 g/mol. The van der Waals surface area contributed by atoms with Crippen molar-refractivity contribution in [2.75, 3.05) is 0 Å². The van der Waals surface area contributed by atoms with Gasteiger partial charge in [-0.1, -0.05) is 0 Å². The van der Waals surface area contributed by atoms with Gasteiger partial charge in [0.05, 0.1) is 5.76 Å². The van der Waals surface area contributed by atoms with Crippen LogP contribution in [0.2, 0.25) is 0 Å². The molecule has 1 unspecified atom stereocenters. The summed E-state index contributed by atoms with van der Waals surface area (Å²) in [6.07, 6.45) is 4.33. The molecule has 2 aliphatic carbocycles. The van der Waals surface area contributed by atoms with Crippen molar-refractivity contribution in [3.05, 3.63) is 11.8 Å². The highest BCUT2D eigenvalue weighted by molar-refractivity contribution is 5.16. The van der Waals surface area contributed by atoms with Crippen LogP contribution in [0, 0.1) is 11.8 Å². The summed E-state index contributed by atoms with van der Waals surface area (Å²) in [7, 11) is 0. The first kappa shape index (κ1) is 3.53. The van der Waals surface area contributed by atoms with E-state index in [4.69, 9.17) is 5.11 Å². The van der Waals surface area contributed by atoms with E-state index in [2.05, 4.69) is 0 Å². The third kappa shape index (κ3) is 0.328. The van der Waals surface area contributed by atoms with Gasteiger partial charge < -0.3 is 5.11 Å². The molecular weight excluding hydrogens is 88.1 g/mol. The van der Waals surface area contributed by atoms with Gasteiger partial charge >= 0.3 is 0 Å². The second-order valence-corrected chi connectivity index (χ2v) is 2.47. The number of aliphatic hydroxyl groups is 1. The first-order valence-electron chi connectivity index (χ1n) is 2.77. The Balaban J connectivity index is 2.25. The van der Waals surface area contributed by atoms with Gasteiger partial charge in [0.15, 0.2) is 0 Å². The largest absolute Gasteiger partial charge is 0.512 e. The Morgan fingerprint density at radius 2 is 2.57 bits per heavy atom. The Bertz CT molecular complexity index is 126. The minimum atomic E-state index is 0.597. The highest BCUT2D eigenvalue weighted by atomic mass is 16.3. The van der Waals surface area contributed by atoms with Crippen LogP contribution >= 0.6 is 0 Å². The van der Waals surface area contributed by atoms with Crippen LogP contribution in [0.15, 0.2) is 11.8 Å². The van der Waals surface area contributed by atoms with E-state index in [0.29, 0.717) is 11.7 Å². The summed E-state index contributed by atoms with van der Waals surface area (Å²) in [6, 6.07) is 0. The molecule has 0 aromatic heterocycles. The van der Waals surface area contributed by atoms with Crippen LogP contribution in [-0.2, 0) is 0 Å². The van der Waals surface area contributed by atoms with E-state index in [-0.39, 0.29) is 0 Å². The molecule has 2 rings (SSSR count). The van der Waals surface area contributed by atoms with Gasteiger partial charge in [0.1, 0.15) is 0 Å². The van der Waals surface area contributed by atoms with Gasteiger partial charge in [-0.25, -0.2) is 0 Å². The Labute approximate surface area is 42.7 Å². The zero-order valence-corrected chi connectivity index (χ0v) is 4.09. The summed E-state index contributed by atoms with van der Waals surface area (Å²) in [6.45, 7) is 0. The molecule has 1 nitrogen and oxygen atoms in total. The second-order valence-electron chi connectivity index (χ2n) is 2.47. The summed E-state index contributed by atoms with van der Waals surface area (Å²) in [5.74, 6) is 2.10. The molecule has 7 heavy (non-hydrogen) atoms. The van der Waals surface area contributed by atoms with Gasteiger partial charge in [-0.15, -0.1) is 0 Å². The molecule has 2 aliphatic rings. The van der Waals surface area contributed by atoms with Gasteiger partial charge in [-0.2, -0.15) is 0 Å². The molecular formula is C6H8O. The number of aliphatic hydroxyl groups excluding tert-OH is 1. The predicted octanol–water partition coefficient (Wildman–Crippen LogP) is 1.47. The van der Waals surface area contributed by atoms with Gasteiger partial charge in [-0.05, 0) is 24.8 Å². The van der Waals surface area contributed by atoms with Crippen LogP contribution in [0.25, 0.3) is 0 Å². The van der Waals surface area contributed by atoms with E-state index in [0.717, 1.165) is 12.3 Å². The third-order valence-electron chi connectivity index (χ3n) is 1.93. The fourth-order valence-electron chi connectivity index (χ4n) is 1.29. The van der Waals surface area contributed by atoms with Crippen molar-refractivity contribution in [2.45, 2.75) is 12.8 Å². The number of allylic oxidation sites excluding steroid dienone is 2. The van der Waals surface area contributed by atoms with Crippen molar-refractivity contribution >= 4 is 0 Å². The summed E-state index contributed by atoms with van der Waals surface area (Å²) >= 11 is 0. The van der Waals surface area contributed by atoms with Crippen LogP contribution in [0.4, 0.5) is 0 Å². The van der Waals surface area contributed by atoms with Crippen molar-refractivity contribution in [1.82, 2.24) is 0 Å². The van der Waals surface area contributed by atoms with Crippen LogP contribution in [-0.4, -0.2) is 5.11 Å². The van der Waals surface area contributed by atoms with Crippen molar-refractivity contribution in [3.8, 4) is 0 Å². The van der Waals surface area contributed by atoms with E-state index in [9.17, 15) is 0 Å². The van der Waals surface area contributed by atoms with Crippen molar-refractivity contribution in [3.63, 3.8) is 0 Å². The molecule has 0 aromatic rings. The SMILES string of the molecule is OC1=CCC2C[C@@H]12. The molecule has 0 aliphatic heterocycles. The Hall–Kier alpha value is -0.460. The smallest absolute Gasteiger partial charge is 0.0916 e. The quantitative estimate of drug-likeness (QED) is 0.484. The summed E-state index contributed by atoms with van der Waals surface area (Å²) in [4.78, 5) is 0. The minimum absolute atomic E-state index is 0.597. The molecule has 2 atom stereocenters. The number of hydrogen-bond donors (Lipinski definition) is 1. The fourth-order valence-corrected chi connectivity index (χ4v) is 1.29. The molecule has 0 bridgehead atoms. The van der Waals surface area contributed by atoms with Crippen LogP contribution in [0.5, 0.6) is 0 Å². The number of rotatable bonds is 0. The van der Waals surface area contributed by atoms with E-state index in [1.54, 1.807) is 0 Å². The molecule has 1 heteroatoms. The molecule has 0 saturated heterocycles. The molecule has 38 valence electrons. The molecule has 0 aromatic carbocycles. The Morgan fingerprint density at radius 3 is 2.71 bits per heavy atom. The predicted molar refractivity (Wildman–Crippen MR) is 26.9 cm³/mol. The first-order chi connectivity index (χ1) is 3.38. The van der Waals surface area contributed by atoms with Crippen LogP contribution in [0.3, 0.4) is 0 Å². The molecule has 1 fully saturated rings. The molecule has 0 radical (unpaired) electrons. The Kier molecular flexibility index (Phi) is 0.432. The zero-order valence-electron chi connectivity index (χ0n) is 4.09. The molecule has 1 N–H and O–H groups in total. The third-order valence-corrected chi connectivity index (χ3v) is 1.93. The summed E-state index contributed by atoms with van der Waals surface area (Å²) < 4.78 is 0. The molecule has 0 spiro atoms. The van der Waals surface area contributed by atoms with E-state index in [1.165, 1.54) is 6.42 Å². The lowest BCUT2D eigenvalue weighted by Gasteiger charge is -1.84. The maximum Gasteiger partial charge on any atom is 0.0916 e. The molecule has 0 heterocycles. The average molecular weight is 96.1 g/mol. The van der Waals surface area contributed by atoms with Gasteiger partial charge in [0, 0.05) is 5.92 Å². The molecule has 0 amide bonds. The lowest BCUT2D eigenvalue weighted by atomic mass is 10.3. The van der Waals surface area contributed by atoms with Gasteiger partial charge in [0.25, 0.3) is 0 Å². The number of hydrogen-bond acceptors (Lipinski definition) is 1. The normalized spacial score (nSPS) is 45.4. The van der Waals surface area contributed by atoms with Gasteiger partial charge in [-0.3, -0.25) is 0 Å². The summed E-state index contributed by atoms with van der Waals surface area (Å²) in [5, 5.41) is 8.90.